The predicted octanol–water partition coefficient (Wildman–Crippen LogP) is 2.84. The van der Waals surface area contributed by atoms with E-state index in [2.05, 4.69) is 25.3 Å². The van der Waals surface area contributed by atoms with Crippen LogP contribution in [0.3, 0.4) is 0 Å². The zero-order valence-electron chi connectivity index (χ0n) is 15.1. The fraction of sp³-hybridized carbons (Fsp3) is 0.300. The standard InChI is InChI=1S/C20H21N5O2/c1-14-3-5-15(6-4-14)17-13-18(27-24-17)19(26)23-16-7-11-25(12-8-16)20-21-9-2-10-22-20/h2-6,9-10,13,16H,7-8,11-12H2,1H3,(H,23,26). The third kappa shape index (κ3) is 3.97. The molecule has 0 saturated carbocycles. The van der Waals surface area contributed by atoms with E-state index in [1.807, 2.05) is 31.2 Å². The summed E-state index contributed by atoms with van der Waals surface area (Å²) in [4.78, 5) is 23.2. The maximum Gasteiger partial charge on any atom is 0.290 e. The largest absolute Gasteiger partial charge is 0.350 e. The molecule has 7 heteroatoms. The fourth-order valence-corrected chi connectivity index (χ4v) is 3.18. The van der Waals surface area contributed by atoms with Gasteiger partial charge >= 0.3 is 0 Å². The molecular weight excluding hydrogens is 342 g/mol. The summed E-state index contributed by atoms with van der Waals surface area (Å²) in [5.74, 6) is 0.745. The average Bonchev–Trinajstić information content (AvgIpc) is 3.20. The van der Waals surface area contributed by atoms with Crippen LogP contribution in [0.15, 0.2) is 53.3 Å². The van der Waals surface area contributed by atoms with Gasteiger partial charge < -0.3 is 14.7 Å². The van der Waals surface area contributed by atoms with Crippen molar-refractivity contribution >= 4 is 11.9 Å². The number of benzene rings is 1. The summed E-state index contributed by atoms with van der Waals surface area (Å²) in [6, 6.07) is 11.5. The molecule has 1 aliphatic rings. The van der Waals surface area contributed by atoms with Crippen LogP contribution < -0.4 is 10.2 Å². The van der Waals surface area contributed by atoms with E-state index >= 15 is 0 Å². The summed E-state index contributed by atoms with van der Waals surface area (Å²) in [6.07, 6.45) is 5.16. The number of anilines is 1. The van der Waals surface area contributed by atoms with Crippen LogP contribution in [0.1, 0.15) is 29.0 Å². The van der Waals surface area contributed by atoms with Gasteiger partial charge in [0.1, 0.15) is 5.69 Å². The highest BCUT2D eigenvalue weighted by Crippen LogP contribution is 2.20. The first-order valence-corrected chi connectivity index (χ1v) is 9.05. The Balaban J connectivity index is 1.34. The first kappa shape index (κ1) is 17.2. The van der Waals surface area contributed by atoms with Crippen LogP contribution in [0.4, 0.5) is 5.95 Å². The fourth-order valence-electron chi connectivity index (χ4n) is 3.18. The molecule has 27 heavy (non-hydrogen) atoms. The monoisotopic (exact) mass is 363 g/mol. The predicted molar refractivity (Wildman–Crippen MR) is 101 cm³/mol. The van der Waals surface area contributed by atoms with Crippen LogP contribution in [-0.4, -0.2) is 40.2 Å². The number of amides is 1. The second kappa shape index (κ2) is 7.57. The molecule has 3 heterocycles. The van der Waals surface area contributed by atoms with Crippen molar-refractivity contribution in [1.29, 1.82) is 0 Å². The van der Waals surface area contributed by atoms with Crippen molar-refractivity contribution in [3.8, 4) is 11.3 Å². The van der Waals surface area contributed by atoms with E-state index in [-0.39, 0.29) is 17.7 Å². The van der Waals surface area contributed by atoms with Gasteiger partial charge in [0.15, 0.2) is 0 Å². The van der Waals surface area contributed by atoms with E-state index in [0.717, 1.165) is 37.4 Å². The second-order valence-electron chi connectivity index (χ2n) is 6.73. The van der Waals surface area contributed by atoms with Gasteiger partial charge in [-0.15, -0.1) is 0 Å². The molecule has 1 saturated heterocycles. The van der Waals surface area contributed by atoms with E-state index in [9.17, 15) is 4.79 Å². The third-order valence-corrected chi connectivity index (χ3v) is 4.75. The molecule has 0 atom stereocenters. The molecule has 0 aliphatic carbocycles. The van der Waals surface area contributed by atoms with Crippen molar-refractivity contribution in [3.05, 3.63) is 60.1 Å². The minimum Gasteiger partial charge on any atom is -0.350 e. The van der Waals surface area contributed by atoms with Crippen LogP contribution in [0, 0.1) is 6.92 Å². The molecule has 0 bridgehead atoms. The number of aromatic nitrogens is 3. The van der Waals surface area contributed by atoms with Gasteiger partial charge in [-0.25, -0.2) is 9.97 Å². The lowest BCUT2D eigenvalue weighted by Crippen LogP contribution is -2.45. The molecule has 1 amide bonds. The molecular formula is C20H21N5O2. The molecule has 7 nitrogen and oxygen atoms in total. The Morgan fingerprint density at radius 2 is 1.85 bits per heavy atom. The molecule has 0 spiro atoms. The van der Waals surface area contributed by atoms with E-state index in [4.69, 9.17) is 4.52 Å². The summed E-state index contributed by atoms with van der Waals surface area (Å²) in [5, 5.41) is 7.06. The average molecular weight is 363 g/mol. The van der Waals surface area contributed by atoms with E-state index in [1.54, 1.807) is 24.5 Å². The number of rotatable bonds is 4. The number of carbonyl (C=O) groups excluding carboxylic acids is 1. The van der Waals surface area contributed by atoms with Crippen molar-refractivity contribution in [1.82, 2.24) is 20.4 Å². The molecule has 1 N–H and O–H groups in total. The highest BCUT2D eigenvalue weighted by atomic mass is 16.5. The molecule has 3 aromatic rings. The smallest absolute Gasteiger partial charge is 0.290 e. The van der Waals surface area contributed by atoms with Crippen LogP contribution in [0.2, 0.25) is 0 Å². The lowest BCUT2D eigenvalue weighted by molar-refractivity contribution is 0.0893. The van der Waals surface area contributed by atoms with Gasteiger partial charge in [0.25, 0.3) is 5.91 Å². The van der Waals surface area contributed by atoms with Crippen molar-refractivity contribution in [3.63, 3.8) is 0 Å². The lowest BCUT2D eigenvalue weighted by atomic mass is 10.1. The van der Waals surface area contributed by atoms with Crippen molar-refractivity contribution in [2.24, 2.45) is 0 Å². The Bertz CT molecular complexity index is 900. The molecule has 2 aromatic heterocycles. The molecule has 1 aliphatic heterocycles. The van der Waals surface area contributed by atoms with Crippen molar-refractivity contribution < 1.29 is 9.32 Å². The van der Waals surface area contributed by atoms with Crippen LogP contribution in [-0.2, 0) is 0 Å². The molecule has 4 rings (SSSR count). The first-order chi connectivity index (χ1) is 13.2. The molecule has 1 aromatic carbocycles. The van der Waals surface area contributed by atoms with Gasteiger partial charge in [0.05, 0.1) is 0 Å². The normalized spacial score (nSPS) is 14.9. The summed E-state index contributed by atoms with van der Waals surface area (Å²) in [6.45, 7) is 3.64. The first-order valence-electron chi connectivity index (χ1n) is 9.05. The minimum absolute atomic E-state index is 0.102. The Kier molecular flexibility index (Phi) is 4.82. The minimum atomic E-state index is -0.227. The Labute approximate surface area is 157 Å². The number of nitrogens with one attached hydrogen (secondary N) is 1. The van der Waals surface area contributed by atoms with Crippen LogP contribution in [0.5, 0.6) is 0 Å². The van der Waals surface area contributed by atoms with Crippen LogP contribution in [0.25, 0.3) is 11.3 Å². The number of hydrogen-bond acceptors (Lipinski definition) is 6. The zero-order chi connectivity index (χ0) is 18.6. The highest BCUT2D eigenvalue weighted by molar-refractivity contribution is 5.92. The number of aryl methyl sites for hydroxylation is 1. The van der Waals surface area contributed by atoms with Gasteiger partial charge in [-0.05, 0) is 25.8 Å². The van der Waals surface area contributed by atoms with Gasteiger partial charge in [0.2, 0.25) is 11.7 Å². The SMILES string of the molecule is Cc1ccc(-c2cc(C(=O)NC3CCN(c4ncccn4)CC3)on2)cc1. The van der Waals surface area contributed by atoms with E-state index in [0.29, 0.717) is 5.69 Å². The third-order valence-electron chi connectivity index (χ3n) is 4.75. The van der Waals surface area contributed by atoms with Crippen LogP contribution >= 0.6 is 0 Å². The molecule has 0 unspecified atom stereocenters. The summed E-state index contributed by atoms with van der Waals surface area (Å²) < 4.78 is 5.25. The Hall–Kier alpha value is -3.22. The molecule has 0 radical (unpaired) electrons. The Morgan fingerprint density at radius 1 is 1.15 bits per heavy atom. The molecule has 138 valence electrons. The summed E-state index contributed by atoms with van der Waals surface area (Å²) >= 11 is 0. The van der Waals surface area contributed by atoms with Crippen molar-refractivity contribution in [2.75, 3.05) is 18.0 Å². The van der Waals surface area contributed by atoms with Gasteiger partial charge in [-0.1, -0.05) is 35.0 Å². The number of piperidine rings is 1. The van der Waals surface area contributed by atoms with Crippen molar-refractivity contribution in [2.45, 2.75) is 25.8 Å². The number of hydrogen-bond donors (Lipinski definition) is 1. The molecule has 1 fully saturated rings. The topological polar surface area (TPSA) is 84.2 Å². The summed E-state index contributed by atoms with van der Waals surface area (Å²) in [7, 11) is 0. The Morgan fingerprint density at radius 3 is 2.56 bits per heavy atom. The second-order valence-corrected chi connectivity index (χ2v) is 6.73. The van der Waals surface area contributed by atoms with Gasteiger partial charge in [0, 0.05) is 43.2 Å². The van der Waals surface area contributed by atoms with E-state index < -0.39 is 0 Å². The van der Waals surface area contributed by atoms with Gasteiger partial charge in [-0.2, -0.15) is 0 Å². The van der Waals surface area contributed by atoms with Gasteiger partial charge in [-0.3, -0.25) is 4.79 Å². The zero-order valence-corrected chi connectivity index (χ0v) is 15.1. The number of nitrogens with zero attached hydrogens (tertiary/aromatic N) is 4. The highest BCUT2D eigenvalue weighted by Gasteiger charge is 2.24. The quantitative estimate of drug-likeness (QED) is 0.767. The van der Waals surface area contributed by atoms with E-state index in [1.165, 1.54) is 5.56 Å². The summed E-state index contributed by atoms with van der Waals surface area (Å²) in [5.41, 5.74) is 2.77. The maximum absolute atomic E-state index is 12.5. The maximum atomic E-state index is 12.5. The lowest BCUT2D eigenvalue weighted by Gasteiger charge is -2.32. The number of carbonyl (C=O) groups is 1.